The molecule has 2 aromatic rings. The number of carbonyl (C=O) groups is 2. The number of anilines is 1. The van der Waals surface area contributed by atoms with Crippen LogP contribution in [0.1, 0.15) is 59.1 Å². The molecule has 1 heterocycles. The van der Waals surface area contributed by atoms with Gasteiger partial charge >= 0.3 is 0 Å². The zero-order valence-corrected chi connectivity index (χ0v) is 17.3. The lowest BCUT2D eigenvalue weighted by atomic mass is 10.1. The summed E-state index contributed by atoms with van der Waals surface area (Å²) >= 11 is 0. The monoisotopic (exact) mass is 395 g/mol. The van der Waals surface area contributed by atoms with Crippen molar-refractivity contribution >= 4 is 17.5 Å². The maximum Gasteiger partial charge on any atom is 0.256 e. The fraction of sp³-hybridized carbons (Fsp3) is 0.391. The lowest BCUT2D eigenvalue weighted by Gasteiger charge is -2.27. The molecule has 2 atom stereocenters. The molecular formula is C23H29N3O3. The Morgan fingerprint density at radius 3 is 2.76 bits per heavy atom. The van der Waals surface area contributed by atoms with Crippen LogP contribution in [0.4, 0.5) is 5.69 Å². The molecule has 154 valence electrons. The number of rotatable bonds is 9. The summed E-state index contributed by atoms with van der Waals surface area (Å²) in [5.41, 5.74) is 3.06. The molecule has 0 bridgehead atoms. The average Bonchev–Trinajstić information content (AvgIpc) is 3.00. The summed E-state index contributed by atoms with van der Waals surface area (Å²) < 4.78 is 5.15. The number of carbonyl (C=O) groups excluding carboxylic acids is 2. The molecule has 6 nitrogen and oxygen atoms in total. The fourth-order valence-electron chi connectivity index (χ4n) is 3.45. The van der Waals surface area contributed by atoms with Crippen molar-refractivity contribution in [3.63, 3.8) is 0 Å². The number of nitrogens with zero attached hydrogens (tertiary/aromatic N) is 1. The molecule has 6 heteroatoms. The molecule has 2 amide bonds. The minimum atomic E-state index is -0.275. The summed E-state index contributed by atoms with van der Waals surface area (Å²) in [5, 5.41) is 6.44. The molecule has 3 rings (SSSR count). The van der Waals surface area contributed by atoms with Crippen molar-refractivity contribution in [3.8, 4) is 0 Å². The zero-order valence-electron chi connectivity index (χ0n) is 17.3. The Bertz CT molecular complexity index is 868. The van der Waals surface area contributed by atoms with Crippen LogP contribution in [0, 0.1) is 0 Å². The third kappa shape index (κ3) is 4.77. The molecule has 0 saturated carbocycles. The maximum atomic E-state index is 12.9. The van der Waals surface area contributed by atoms with Crippen LogP contribution in [-0.4, -0.2) is 43.0 Å². The van der Waals surface area contributed by atoms with E-state index in [0.29, 0.717) is 24.3 Å². The minimum Gasteiger partial charge on any atom is -0.385 e. The van der Waals surface area contributed by atoms with Crippen LogP contribution in [0.3, 0.4) is 0 Å². The van der Waals surface area contributed by atoms with Gasteiger partial charge in [-0.1, -0.05) is 31.2 Å². The van der Waals surface area contributed by atoms with Crippen LogP contribution in [0.2, 0.25) is 0 Å². The Balaban J connectivity index is 1.82. The second-order valence-electron chi connectivity index (χ2n) is 7.34. The van der Waals surface area contributed by atoms with Crippen LogP contribution in [0.15, 0.2) is 48.5 Å². The van der Waals surface area contributed by atoms with E-state index in [1.165, 1.54) is 0 Å². The molecule has 0 fully saturated rings. The number of benzene rings is 2. The van der Waals surface area contributed by atoms with Gasteiger partial charge < -0.3 is 20.3 Å². The van der Waals surface area contributed by atoms with Gasteiger partial charge in [0.1, 0.15) is 6.17 Å². The summed E-state index contributed by atoms with van der Waals surface area (Å²) in [6.07, 6.45) is 1.36. The smallest absolute Gasteiger partial charge is 0.256 e. The topological polar surface area (TPSA) is 70.7 Å². The number of hydrogen-bond donors (Lipinski definition) is 2. The highest BCUT2D eigenvalue weighted by molar-refractivity contribution is 5.99. The standard InChI is InChI=1S/C23H29N3O3/c1-4-16(2)24-22(27)17-9-7-10-18(15-17)25-21-19-11-5-6-12-20(19)23(28)26(21)13-8-14-29-3/h5-7,9-12,15-16,21,25H,4,8,13-14H2,1-3H3,(H,24,27). The Labute approximate surface area is 172 Å². The van der Waals surface area contributed by atoms with Gasteiger partial charge in [0.05, 0.1) is 0 Å². The molecule has 0 radical (unpaired) electrons. The summed E-state index contributed by atoms with van der Waals surface area (Å²) in [4.78, 5) is 27.2. The molecule has 2 unspecified atom stereocenters. The summed E-state index contributed by atoms with van der Waals surface area (Å²) in [6, 6.07) is 15.2. The highest BCUT2D eigenvalue weighted by Crippen LogP contribution is 2.34. The Morgan fingerprint density at radius 1 is 1.21 bits per heavy atom. The second kappa shape index (κ2) is 9.56. The van der Waals surface area contributed by atoms with E-state index >= 15 is 0 Å². The van der Waals surface area contributed by atoms with E-state index in [2.05, 4.69) is 10.6 Å². The number of hydrogen-bond acceptors (Lipinski definition) is 4. The van der Waals surface area contributed by atoms with E-state index in [4.69, 9.17) is 4.74 Å². The molecule has 1 aliphatic rings. The predicted octanol–water partition coefficient (Wildman–Crippen LogP) is 3.82. The van der Waals surface area contributed by atoms with Gasteiger partial charge in [-0.15, -0.1) is 0 Å². The first kappa shape index (κ1) is 20.9. The molecular weight excluding hydrogens is 366 g/mol. The van der Waals surface area contributed by atoms with Crippen molar-refractivity contribution in [3.05, 3.63) is 65.2 Å². The van der Waals surface area contributed by atoms with Gasteiger partial charge in [0.15, 0.2) is 0 Å². The second-order valence-corrected chi connectivity index (χ2v) is 7.34. The van der Waals surface area contributed by atoms with E-state index in [9.17, 15) is 9.59 Å². The van der Waals surface area contributed by atoms with Crippen molar-refractivity contribution in [2.24, 2.45) is 0 Å². The normalized spacial score (nSPS) is 16.4. The molecule has 2 aromatic carbocycles. The van der Waals surface area contributed by atoms with Crippen molar-refractivity contribution in [2.75, 3.05) is 25.6 Å². The van der Waals surface area contributed by atoms with Crippen molar-refractivity contribution < 1.29 is 14.3 Å². The summed E-state index contributed by atoms with van der Waals surface area (Å²) in [6.45, 7) is 5.21. The maximum absolute atomic E-state index is 12.9. The number of ether oxygens (including phenoxy) is 1. The molecule has 0 aliphatic carbocycles. The van der Waals surface area contributed by atoms with Crippen LogP contribution >= 0.6 is 0 Å². The lowest BCUT2D eigenvalue weighted by molar-refractivity contribution is 0.0721. The van der Waals surface area contributed by atoms with Gasteiger partial charge in [0, 0.05) is 48.7 Å². The van der Waals surface area contributed by atoms with Gasteiger partial charge in [-0.05, 0) is 44.0 Å². The van der Waals surface area contributed by atoms with Gasteiger partial charge in [-0.25, -0.2) is 0 Å². The van der Waals surface area contributed by atoms with Crippen LogP contribution in [0.5, 0.6) is 0 Å². The number of nitrogens with one attached hydrogen (secondary N) is 2. The van der Waals surface area contributed by atoms with E-state index in [-0.39, 0.29) is 24.0 Å². The highest BCUT2D eigenvalue weighted by atomic mass is 16.5. The first-order valence-electron chi connectivity index (χ1n) is 10.1. The third-order valence-electron chi connectivity index (χ3n) is 5.22. The first-order valence-corrected chi connectivity index (χ1v) is 10.1. The fourth-order valence-corrected chi connectivity index (χ4v) is 3.45. The van der Waals surface area contributed by atoms with Gasteiger partial charge in [-0.2, -0.15) is 0 Å². The average molecular weight is 396 g/mol. The summed E-state index contributed by atoms with van der Waals surface area (Å²) in [5.74, 6) is -0.0808. The van der Waals surface area contributed by atoms with Crippen molar-refractivity contribution in [2.45, 2.75) is 38.9 Å². The lowest BCUT2D eigenvalue weighted by Crippen LogP contribution is -2.34. The molecule has 0 spiro atoms. The van der Waals surface area contributed by atoms with E-state index in [0.717, 1.165) is 24.1 Å². The Kier molecular flexibility index (Phi) is 6.88. The highest BCUT2D eigenvalue weighted by Gasteiger charge is 2.36. The Morgan fingerprint density at radius 2 is 2.00 bits per heavy atom. The van der Waals surface area contributed by atoms with Crippen LogP contribution < -0.4 is 10.6 Å². The number of amides is 2. The molecule has 29 heavy (non-hydrogen) atoms. The van der Waals surface area contributed by atoms with Gasteiger partial charge in [0.25, 0.3) is 11.8 Å². The number of fused-ring (bicyclic) bond motifs is 1. The largest absolute Gasteiger partial charge is 0.385 e. The van der Waals surface area contributed by atoms with Gasteiger partial charge in [0.2, 0.25) is 0 Å². The van der Waals surface area contributed by atoms with E-state index < -0.39 is 0 Å². The third-order valence-corrected chi connectivity index (χ3v) is 5.22. The predicted molar refractivity (Wildman–Crippen MR) is 114 cm³/mol. The number of methoxy groups -OCH3 is 1. The summed E-state index contributed by atoms with van der Waals surface area (Å²) in [7, 11) is 1.66. The SMILES string of the molecule is CCC(C)NC(=O)c1cccc(NC2c3ccccc3C(=O)N2CCCOC)c1. The van der Waals surface area contributed by atoms with E-state index in [1.54, 1.807) is 13.2 Å². The first-order chi connectivity index (χ1) is 14.0. The molecule has 0 saturated heterocycles. The van der Waals surface area contributed by atoms with Crippen LogP contribution in [-0.2, 0) is 4.74 Å². The molecule has 1 aliphatic heterocycles. The minimum absolute atomic E-state index is 0.0138. The van der Waals surface area contributed by atoms with Crippen molar-refractivity contribution in [1.29, 1.82) is 0 Å². The van der Waals surface area contributed by atoms with E-state index in [1.807, 2.05) is 61.2 Å². The Hall–Kier alpha value is -2.86. The van der Waals surface area contributed by atoms with Gasteiger partial charge in [-0.3, -0.25) is 9.59 Å². The van der Waals surface area contributed by atoms with Crippen molar-refractivity contribution in [1.82, 2.24) is 10.2 Å². The quantitative estimate of drug-likeness (QED) is 0.633. The molecule has 0 aromatic heterocycles. The van der Waals surface area contributed by atoms with Crippen LogP contribution in [0.25, 0.3) is 0 Å². The zero-order chi connectivity index (χ0) is 20.8. The molecule has 2 N–H and O–H groups in total.